The first-order chi connectivity index (χ1) is 24.6. The molecule has 2 aromatic heterocycles. The molecule has 28 heteroatoms. The minimum absolute atomic E-state index is 0.0300. The van der Waals surface area contributed by atoms with E-state index in [9.17, 15) is 57.9 Å². The van der Waals surface area contributed by atoms with E-state index in [-0.39, 0.29) is 41.6 Å². The molecule has 1 saturated heterocycles. The van der Waals surface area contributed by atoms with Crippen LogP contribution in [0.1, 0.15) is 33.4 Å². The van der Waals surface area contributed by atoms with Crippen molar-refractivity contribution in [2.75, 3.05) is 37.8 Å². The summed E-state index contributed by atoms with van der Waals surface area (Å²) in [5, 5.41) is 26.1. The van der Waals surface area contributed by atoms with Gasteiger partial charge >= 0.3 is 23.5 Å². The first-order valence-corrected chi connectivity index (χ1v) is 20.7. The number of ether oxygens (including phenoxy) is 1. The fraction of sp³-hybridized carbons (Fsp3) is 0.600. The lowest BCUT2D eigenvalue weighted by Gasteiger charge is -2.30. The van der Waals surface area contributed by atoms with Gasteiger partial charge in [0.05, 0.1) is 19.5 Å². The number of phosphoric acid groups is 3. The smallest absolute Gasteiger partial charge is 0.386 e. The number of aliphatic hydroxyl groups is 2. The first kappa shape index (κ1) is 44.7. The number of nitrogens with zero attached hydrogens (tertiary/aromatic N) is 4. The lowest BCUT2D eigenvalue weighted by Crippen LogP contribution is -2.46. The summed E-state index contributed by atoms with van der Waals surface area (Å²) in [6.07, 6.45) is -3.94. The maximum absolute atomic E-state index is 12.6. The van der Waals surface area contributed by atoms with Crippen molar-refractivity contribution in [3.8, 4) is 0 Å². The Morgan fingerprint density at radius 1 is 1.09 bits per heavy atom. The molecule has 3 heterocycles. The number of nitrogen functional groups attached to an aromatic ring is 1. The number of rotatable bonds is 20. The van der Waals surface area contributed by atoms with Gasteiger partial charge in [-0.15, -0.1) is 0 Å². The minimum Gasteiger partial charge on any atom is -0.386 e. The van der Waals surface area contributed by atoms with Crippen molar-refractivity contribution in [2.45, 2.75) is 57.8 Å². The van der Waals surface area contributed by atoms with E-state index < -0.39 is 84.6 Å². The maximum atomic E-state index is 12.6. The number of aliphatic hydroxyl groups excluding tert-OH is 2. The highest BCUT2D eigenvalue weighted by atomic mass is 32.2. The number of nitrogens with one attached hydrogen (secondary N) is 2. The zero-order chi connectivity index (χ0) is 39.8. The van der Waals surface area contributed by atoms with E-state index in [2.05, 4.69) is 34.4 Å². The molecule has 2 amide bonds. The number of anilines is 1. The number of thioether (sulfide) groups is 1. The number of imidazole rings is 1. The zero-order valence-electron chi connectivity index (χ0n) is 28.2. The van der Waals surface area contributed by atoms with Crippen molar-refractivity contribution < 1.29 is 80.5 Å². The number of nitrogens with two attached hydrogens (primary N) is 1. The summed E-state index contributed by atoms with van der Waals surface area (Å²) in [6, 6.07) is 0. The monoisotopic (exact) mass is 835 g/mol. The average molecular weight is 836 g/mol. The van der Waals surface area contributed by atoms with Crippen LogP contribution in [0.3, 0.4) is 0 Å². The quantitative estimate of drug-likeness (QED) is 0.0449. The van der Waals surface area contributed by atoms with Gasteiger partial charge in [-0.25, -0.2) is 28.6 Å². The fourth-order valence-corrected chi connectivity index (χ4v) is 7.93. The summed E-state index contributed by atoms with van der Waals surface area (Å²) in [7, 11) is -16.4. The van der Waals surface area contributed by atoms with Gasteiger partial charge in [0.15, 0.2) is 17.7 Å². The van der Waals surface area contributed by atoms with Crippen molar-refractivity contribution >= 4 is 69.1 Å². The van der Waals surface area contributed by atoms with Crippen LogP contribution in [-0.2, 0) is 50.7 Å². The van der Waals surface area contributed by atoms with E-state index in [1.54, 1.807) is 13.0 Å². The largest absolute Gasteiger partial charge is 0.481 e. The molecule has 0 radical (unpaired) electrons. The Hall–Kier alpha value is -2.70. The summed E-state index contributed by atoms with van der Waals surface area (Å²) in [5.41, 5.74) is 4.26. The third-order valence-electron chi connectivity index (χ3n) is 7.05. The second-order valence-electron chi connectivity index (χ2n) is 11.7. The van der Waals surface area contributed by atoms with Crippen LogP contribution in [0.5, 0.6) is 0 Å². The molecular formula is C25H40N7O17P3S. The molecule has 0 aromatic carbocycles. The maximum Gasteiger partial charge on any atom is 0.481 e. The summed E-state index contributed by atoms with van der Waals surface area (Å²) >= 11 is 1.01. The number of allylic oxidation sites excluding steroid dienone is 1. The number of fused-ring (bicyclic) bond motifs is 1. The fourth-order valence-electron chi connectivity index (χ4n) is 4.47. The number of carbonyl (C=O) groups excluding carboxylic acids is 3. The Labute approximate surface area is 305 Å². The molecular weight excluding hydrogens is 795 g/mol. The van der Waals surface area contributed by atoms with Gasteiger partial charge in [0, 0.05) is 30.7 Å². The van der Waals surface area contributed by atoms with Gasteiger partial charge in [-0.1, -0.05) is 31.7 Å². The van der Waals surface area contributed by atoms with E-state index in [4.69, 9.17) is 19.5 Å². The van der Waals surface area contributed by atoms with Gasteiger partial charge in [0.2, 0.25) is 16.9 Å². The molecule has 2 unspecified atom stereocenters. The van der Waals surface area contributed by atoms with Crippen LogP contribution in [0.4, 0.5) is 5.82 Å². The Kier molecular flexibility index (Phi) is 15.8. The number of phosphoric ester groups is 3. The standard InChI is InChI=1S/C25H40N7O17P3S/c1-4-5-16(34)53-9-8-27-15(33)6-7-28-23(37)20(36)25(2,3)11-46-52(43,44)49-51(41,42)45-10-14-19(48-50(38,39)40)18(35)24(47-14)32-13-31-17-21(26)29-12-30-22(17)32/h4-5,12-14,18-20,24,35-36H,6-11H2,1-3H3,(H,27,33)(H,28,37)(H,41,42)(H,43,44)(H2,26,29,30)(H2,38,39,40)/b5-4+/t14-,18-,19-,20-,24-/m1/s1. The van der Waals surface area contributed by atoms with Crippen LogP contribution in [-0.4, -0.2) is 123 Å². The Morgan fingerprint density at radius 2 is 1.77 bits per heavy atom. The van der Waals surface area contributed by atoms with Crippen LogP contribution < -0.4 is 16.4 Å². The molecule has 1 aliphatic heterocycles. The lowest BCUT2D eigenvalue weighted by atomic mass is 9.87. The van der Waals surface area contributed by atoms with E-state index in [0.29, 0.717) is 5.75 Å². The SMILES string of the molecule is C/C=C/C(=O)SCCNC(=O)CCNC(=O)[C@@H](O)C(C)(C)COP(=O)(O)OP(=O)(O)OC[C@H]1O[C@@H](n2cnc3c(N)ncnc32)[C@H](O)[C@@H]1OP(=O)(O)O. The highest BCUT2D eigenvalue weighted by Crippen LogP contribution is 2.61. The van der Waals surface area contributed by atoms with Crippen molar-refractivity contribution in [3.05, 3.63) is 24.8 Å². The molecule has 0 saturated carbocycles. The molecule has 0 aliphatic carbocycles. The van der Waals surface area contributed by atoms with Gasteiger partial charge in [0.1, 0.15) is 36.3 Å². The lowest BCUT2D eigenvalue weighted by molar-refractivity contribution is -0.137. The minimum atomic E-state index is -5.56. The third-order valence-corrected chi connectivity index (χ3v) is 11.0. The van der Waals surface area contributed by atoms with Crippen LogP contribution in [0.25, 0.3) is 11.2 Å². The van der Waals surface area contributed by atoms with Gasteiger partial charge < -0.3 is 50.9 Å². The van der Waals surface area contributed by atoms with Crippen LogP contribution in [0.15, 0.2) is 24.8 Å². The molecule has 0 spiro atoms. The molecule has 2 aromatic rings. The van der Waals surface area contributed by atoms with Crippen molar-refractivity contribution in [2.24, 2.45) is 5.41 Å². The molecule has 298 valence electrons. The normalized spacial score (nSPS) is 22.4. The molecule has 53 heavy (non-hydrogen) atoms. The van der Waals surface area contributed by atoms with Crippen LogP contribution in [0, 0.1) is 5.41 Å². The molecule has 1 aliphatic rings. The Morgan fingerprint density at radius 3 is 2.43 bits per heavy atom. The molecule has 3 rings (SSSR count). The number of hydrogen-bond donors (Lipinski definition) is 9. The van der Waals surface area contributed by atoms with E-state index in [1.807, 2.05) is 0 Å². The molecule has 24 nitrogen and oxygen atoms in total. The number of carbonyl (C=O) groups is 3. The predicted octanol–water partition coefficient (Wildman–Crippen LogP) is -0.759. The Bertz CT molecular complexity index is 1790. The molecule has 1 fully saturated rings. The van der Waals surface area contributed by atoms with Gasteiger partial charge in [-0.3, -0.25) is 32.5 Å². The van der Waals surface area contributed by atoms with Gasteiger partial charge in [0.25, 0.3) is 0 Å². The summed E-state index contributed by atoms with van der Waals surface area (Å²) in [5.74, 6) is -1.13. The topological polar surface area (TPSA) is 364 Å². The van der Waals surface area contributed by atoms with Crippen molar-refractivity contribution in [3.63, 3.8) is 0 Å². The zero-order valence-corrected chi connectivity index (χ0v) is 31.7. The number of amides is 2. The van der Waals surface area contributed by atoms with Gasteiger partial charge in [-0.2, -0.15) is 4.31 Å². The average Bonchev–Trinajstić information content (AvgIpc) is 3.61. The molecule has 10 N–H and O–H groups in total. The highest BCUT2D eigenvalue weighted by molar-refractivity contribution is 8.14. The molecule has 7 atom stereocenters. The predicted molar refractivity (Wildman–Crippen MR) is 182 cm³/mol. The van der Waals surface area contributed by atoms with Gasteiger partial charge in [-0.05, 0) is 13.0 Å². The van der Waals surface area contributed by atoms with Crippen LogP contribution >= 0.6 is 35.2 Å². The summed E-state index contributed by atoms with van der Waals surface area (Å²) < 4.78 is 61.9. The second-order valence-corrected chi connectivity index (χ2v) is 17.1. The van der Waals surface area contributed by atoms with Crippen molar-refractivity contribution in [1.29, 1.82) is 0 Å². The van der Waals surface area contributed by atoms with E-state index >= 15 is 0 Å². The van der Waals surface area contributed by atoms with E-state index in [1.165, 1.54) is 19.9 Å². The summed E-state index contributed by atoms with van der Waals surface area (Å²) in [4.78, 5) is 86.7. The Balaban J connectivity index is 1.52. The number of hydrogen-bond acceptors (Lipinski definition) is 18. The third kappa shape index (κ3) is 13.5. The second kappa shape index (κ2) is 18.8. The van der Waals surface area contributed by atoms with Crippen LogP contribution in [0.2, 0.25) is 0 Å². The molecule has 0 bridgehead atoms. The highest BCUT2D eigenvalue weighted by Gasteiger charge is 2.50. The number of aromatic nitrogens is 4. The first-order valence-electron chi connectivity index (χ1n) is 15.2. The van der Waals surface area contributed by atoms with Crippen molar-refractivity contribution in [1.82, 2.24) is 30.2 Å². The van der Waals surface area contributed by atoms with E-state index in [0.717, 1.165) is 29.0 Å². The summed E-state index contributed by atoms with van der Waals surface area (Å²) in [6.45, 7) is 2.17.